The Morgan fingerprint density at radius 3 is 2.52 bits per heavy atom. The first-order valence-corrected chi connectivity index (χ1v) is 12.6. The Labute approximate surface area is 149 Å². The van der Waals surface area contributed by atoms with Gasteiger partial charge in [0.1, 0.15) is 0 Å². The van der Waals surface area contributed by atoms with Crippen molar-refractivity contribution in [3.05, 3.63) is 0 Å². The minimum Gasteiger partial charge on any atom is -0.306 e. The quantitative estimate of drug-likeness (QED) is 0.210. The van der Waals surface area contributed by atoms with Crippen molar-refractivity contribution in [1.82, 2.24) is 5.09 Å². The molecule has 4 nitrogen and oxygen atoms in total. The molecular weight excluding hydrogens is 441 g/mol. The van der Waals surface area contributed by atoms with Crippen LogP contribution in [0.2, 0.25) is 0 Å². The zero-order chi connectivity index (χ0) is 16.1. The first-order valence-electron chi connectivity index (χ1n) is 7.33. The second-order valence-corrected chi connectivity index (χ2v) is 12.6. The van der Waals surface area contributed by atoms with Gasteiger partial charge in [-0.2, -0.15) is 0 Å². The van der Waals surface area contributed by atoms with Crippen LogP contribution in [0.5, 0.6) is 0 Å². The van der Waals surface area contributed by atoms with Gasteiger partial charge in [0, 0.05) is 6.42 Å². The lowest BCUT2D eigenvalue weighted by atomic mass is 10.1. The molecule has 0 aromatic heterocycles. The summed E-state index contributed by atoms with van der Waals surface area (Å²) >= 11 is 7.94. The third-order valence-corrected chi connectivity index (χ3v) is 7.31. The Balaban J connectivity index is 3.88. The predicted octanol–water partition coefficient (Wildman–Crippen LogP) is 5.85. The van der Waals surface area contributed by atoms with E-state index in [2.05, 4.69) is 43.9 Å². The number of amides is 1. The average Bonchev–Trinajstić information content (AvgIpc) is 2.43. The number of hydrogen-bond acceptors (Lipinski definition) is 4. The Bertz CT molecular complexity index is 333. The zero-order valence-corrected chi connectivity index (χ0v) is 17.7. The Morgan fingerprint density at radius 2 is 1.95 bits per heavy atom. The number of carbonyl (C=O) groups is 1. The first kappa shape index (κ1) is 22.0. The van der Waals surface area contributed by atoms with Crippen molar-refractivity contribution in [2.24, 2.45) is 0 Å². The molecule has 126 valence electrons. The predicted molar refractivity (Wildman–Crippen MR) is 99.5 cm³/mol. The number of alkyl halides is 2. The second kappa shape index (κ2) is 13.4. The van der Waals surface area contributed by atoms with E-state index in [0.717, 1.165) is 56.3 Å². The number of halogens is 2. The van der Waals surface area contributed by atoms with Crippen LogP contribution in [0.25, 0.3) is 0 Å². The van der Waals surface area contributed by atoms with E-state index in [9.17, 15) is 9.36 Å². The van der Waals surface area contributed by atoms with Crippen molar-refractivity contribution < 1.29 is 13.9 Å². The van der Waals surface area contributed by atoms with E-state index >= 15 is 0 Å². The van der Waals surface area contributed by atoms with Crippen LogP contribution in [0.3, 0.4) is 0 Å². The molecular formula is C13H26Br2NO3PS. The minimum absolute atomic E-state index is 0.183. The van der Waals surface area contributed by atoms with Gasteiger partial charge in [0.15, 0.2) is 0 Å². The topological polar surface area (TPSA) is 55.4 Å². The van der Waals surface area contributed by atoms with Crippen LogP contribution in [0.4, 0.5) is 0 Å². The van der Waals surface area contributed by atoms with E-state index < -0.39 is 6.72 Å². The van der Waals surface area contributed by atoms with Gasteiger partial charge >= 0.3 is 6.72 Å². The molecule has 1 amide bonds. The van der Waals surface area contributed by atoms with Crippen LogP contribution in [0.15, 0.2) is 0 Å². The van der Waals surface area contributed by atoms with Crippen LogP contribution < -0.4 is 5.09 Å². The summed E-state index contributed by atoms with van der Waals surface area (Å²) in [5, 5.41) is 2.56. The summed E-state index contributed by atoms with van der Waals surface area (Å²) in [5.74, 6) is -0.183. The first-order chi connectivity index (χ1) is 9.93. The van der Waals surface area contributed by atoms with E-state index in [1.165, 1.54) is 0 Å². The molecule has 1 unspecified atom stereocenters. The van der Waals surface area contributed by atoms with Gasteiger partial charge in [0.05, 0.1) is 10.3 Å². The molecule has 0 radical (unpaired) electrons. The van der Waals surface area contributed by atoms with Gasteiger partial charge in [-0.05, 0) is 25.5 Å². The highest BCUT2D eigenvalue weighted by Crippen LogP contribution is 2.54. The minimum atomic E-state index is -3.07. The smallest absolute Gasteiger partial charge is 0.306 e. The maximum Gasteiger partial charge on any atom is 0.352 e. The van der Waals surface area contributed by atoms with Crippen LogP contribution in [-0.4, -0.2) is 22.5 Å². The van der Waals surface area contributed by atoms with Gasteiger partial charge in [-0.25, -0.2) is 0 Å². The Hall–Kier alpha value is 0.970. The molecule has 0 spiro atoms. The molecule has 0 bridgehead atoms. The molecule has 0 heterocycles. The molecule has 0 fully saturated rings. The molecule has 0 aliphatic carbocycles. The van der Waals surface area contributed by atoms with Crippen molar-refractivity contribution >= 4 is 55.9 Å². The Morgan fingerprint density at radius 1 is 1.24 bits per heavy atom. The number of unbranched alkanes of at least 4 members (excludes halogenated alkanes) is 4. The largest absolute Gasteiger partial charge is 0.352 e. The van der Waals surface area contributed by atoms with Crippen LogP contribution in [0, 0.1) is 0 Å². The van der Waals surface area contributed by atoms with Crippen molar-refractivity contribution in [2.75, 3.05) is 12.9 Å². The summed E-state index contributed by atoms with van der Waals surface area (Å²) in [6.45, 7) is -0.531. The van der Waals surface area contributed by atoms with Crippen LogP contribution in [-0.2, 0) is 13.9 Å². The molecule has 21 heavy (non-hydrogen) atoms. The van der Waals surface area contributed by atoms with Gasteiger partial charge in [-0.3, -0.25) is 14.4 Å². The summed E-state index contributed by atoms with van der Waals surface area (Å²) in [6, 6.07) is 0. The van der Waals surface area contributed by atoms with E-state index in [0.29, 0.717) is 16.8 Å². The number of hydrogen-bond donors (Lipinski definition) is 1. The fourth-order valence-corrected chi connectivity index (χ4v) is 4.45. The van der Waals surface area contributed by atoms with E-state index in [1.807, 2.05) is 0 Å². The summed E-state index contributed by atoms with van der Waals surface area (Å²) in [6.07, 6.45) is 8.99. The molecule has 0 saturated heterocycles. The SMILES string of the molecule is CCCCCOP(=O)(NC(=O)CCCCCC(Br)Br)SC. The summed E-state index contributed by atoms with van der Waals surface area (Å²) in [5.41, 5.74) is 0. The average molecular weight is 467 g/mol. The molecule has 0 rings (SSSR count). The van der Waals surface area contributed by atoms with Gasteiger partial charge in [0.2, 0.25) is 5.91 Å². The van der Waals surface area contributed by atoms with Crippen molar-refractivity contribution in [1.29, 1.82) is 0 Å². The molecule has 1 atom stereocenters. The third kappa shape index (κ3) is 13.1. The lowest BCUT2D eigenvalue weighted by Gasteiger charge is -2.17. The van der Waals surface area contributed by atoms with E-state index in [1.54, 1.807) is 6.26 Å². The maximum atomic E-state index is 12.3. The second-order valence-electron chi connectivity index (χ2n) is 4.75. The molecule has 0 aromatic rings. The molecule has 0 aliphatic rings. The van der Waals surface area contributed by atoms with Gasteiger partial charge < -0.3 is 4.52 Å². The molecule has 8 heteroatoms. The van der Waals surface area contributed by atoms with Gasteiger partial charge in [0.25, 0.3) is 0 Å². The van der Waals surface area contributed by atoms with Crippen molar-refractivity contribution in [3.8, 4) is 0 Å². The Kier molecular flexibility index (Phi) is 14.0. The fraction of sp³-hybridized carbons (Fsp3) is 0.923. The van der Waals surface area contributed by atoms with Crippen molar-refractivity contribution in [3.63, 3.8) is 0 Å². The lowest BCUT2D eigenvalue weighted by Crippen LogP contribution is -2.20. The number of rotatable bonds is 13. The van der Waals surface area contributed by atoms with E-state index in [-0.39, 0.29) is 5.91 Å². The van der Waals surface area contributed by atoms with Crippen LogP contribution in [0.1, 0.15) is 58.3 Å². The fourth-order valence-electron chi connectivity index (χ4n) is 1.64. The standard InChI is InChI=1S/C13H26Br2NO3PS/c1-3-4-8-11-19-20(18,21-2)16-13(17)10-7-5-6-9-12(14)15/h12H,3-11H2,1-2H3,(H,16,17,18). The zero-order valence-electron chi connectivity index (χ0n) is 12.8. The lowest BCUT2D eigenvalue weighted by molar-refractivity contribution is -0.119. The highest BCUT2D eigenvalue weighted by molar-refractivity contribution is 9.24. The van der Waals surface area contributed by atoms with E-state index in [4.69, 9.17) is 4.52 Å². The van der Waals surface area contributed by atoms with Gasteiger partial charge in [-0.15, -0.1) is 0 Å². The third-order valence-electron chi connectivity index (χ3n) is 2.84. The normalized spacial score (nSPS) is 14.1. The van der Waals surface area contributed by atoms with Crippen molar-refractivity contribution in [2.45, 2.75) is 62.0 Å². The maximum absolute atomic E-state index is 12.3. The highest BCUT2D eigenvalue weighted by Gasteiger charge is 2.24. The molecule has 0 aliphatic heterocycles. The number of carbonyl (C=O) groups excluding carboxylic acids is 1. The molecule has 0 saturated carbocycles. The molecule has 1 N–H and O–H groups in total. The van der Waals surface area contributed by atoms with Gasteiger partial charge in [-0.1, -0.05) is 75.8 Å². The monoisotopic (exact) mass is 465 g/mol. The summed E-state index contributed by atoms with van der Waals surface area (Å²) in [7, 11) is 0. The number of nitrogens with one attached hydrogen (secondary N) is 1. The molecule has 0 aromatic carbocycles. The van der Waals surface area contributed by atoms with Crippen LogP contribution >= 0.6 is 50.0 Å². The summed E-state index contributed by atoms with van der Waals surface area (Å²) < 4.78 is 18.1. The summed E-state index contributed by atoms with van der Waals surface area (Å²) in [4.78, 5) is 11.8. The highest BCUT2D eigenvalue weighted by atomic mass is 79.9.